The van der Waals surface area contributed by atoms with Crippen LogP contribution >= 0.6 is 12.4 Å². The highest BCUT2D eigenvalue weighted by Gasteiger charge is 2.42. The van der Waals surface area contributed by atoms with Gasteiger partial charge in [0, 0.05) is 60.3 Å². The standard InChI is InChI=1S/C36H42N3O4.ClH/c1-35(2)26-16-11-13-18-28(26)37(5)30(35)20-8-6-9-21-31-36(3,4)27-17-12-14-19-29(27)38(31)25-15-7-10-22-34(42)43-39-32(40)23-24-33(39)41;/h6,8-9,11-14,16-21H,7,10,15,22-25H2,1-5H3;1H/q+1;. The topological polar surface area (TPSA) is 69.9 Å². The molecule has 3 heterocycles. The maximum atomic E-state index is 12.2. The van der Waals surface area contributed by atoms with Gasteiger partial charge in [-0.05, 0) is 44.4 Å². The Balaban J connectivity index is 0.00000442. The molecular weight excluding hydrogens is 574 g/mol. The SMILES string of the molecule is C[N+]1=C(C=CC=CC=C2N(CCCCCC(=O)ON3C(=O)CCC3=O)c3ccccc3C2(C)C)C(C)(C)c2ccccc21.Cl. The molecule has 2 aromatic rings. The van der Waals surface area contributed by atoms with Gasteiger partial charge in [-0.15, -0.1) is 17.5 Å². The fourth-order valence-corrected chi connectivity index (χ4v) is 6.56. The number of hydrogen-bond acceptors (Lipinski definition) is 5. The average molecular weight is 617 g/mol. The summed E-state index contributed by atoms with van der Waals surface area (Å²) in [7, 11) is 2.13. The second-order valence-electron chi connectivity index (χ2n) is 12.5. The molecule has 0 unspecified atom stereocenters. The van der Waals surface area contributed by atoms with E-state index in [9.17, 15) is 14.4 Å². The molecule has 0 radical (unpaired) electrons. The van der Waals surface area contributed by atoms with Crippen molar-refractivity contribution in [2.24, 2.45) is 0 Å². The van der Waals surface area contributed by atoms with Crippen LogP contribution in [0.5, 0.6) is 0 Å². The van der Waals surface area contributed by atoms with Gasteiger partial charge in [0.15, 0.2) is 5.71 Å². The number of carbonyl (C=O) groups is 3. The van der Waals surface area contributed by atoms with E-state index in [1.807, 2.05) is 0 Å². The van der Waals surface area contributed by atoms with Crippen molar-refractivity contribution in [3.8, 4) is 0 Å². The molecular formula is C36H43ClN3O4+. The Morgan fingerprint density at radius 1 is 0.864 bits per heavy atom. The van der Waals surface area contributed by atoms with Crippen molar-refractivity contribution in [2.45, 2.75) is 77.0 Å². The number of benzene rings is 2. The largest absolute Gasteiger partial charge is 0.344 e. The first-order valence-electron chi connectivity index (χ1n) is 15.2. The van der Waals surface area contributed by atoms with Crippen LogP contribution in [0.1, 0.15) is 77.3 Å². The van der Waals surface area contributed by atoms with Gasteiger partial charge in [0.25, 0.3) is 11.8 Å². The van der Waals surface area contributed by atoms with Gasteiger partial charge in [-0.1, -0.05) is 74.9 Å². The molecule has 0 aromatic heterocycles. The van der Waals surface area contributed by atoms with Crippen LogP contribution in [0.3, 0.4) is 0 Å². The van der Waals surface area contributed by atoms with E-state index < -0.39 is 17.8 Å². The first kappa shape index (κ1) is 32.9. The van der Waals surface area contributed by atoms with E-state index in [0.29, 0.717) is 11.5 Å². The van der Waals surface area contributed by atoms with Crippen molar-refractivity contribution >= 4 is 47.3 Å². The molecule has 3 aliphatic heterocycles. The van der Waals surface area contributed by atoms with Crippen molar-refractivity contribution in [3.63, 3.8) is 0 Å². The second-order valence-corrected chi connectivity index (χ2v) is 12.5. The van der Waals surface area contributed by atoms with E-state index in [0.717, 1.165) is 19.4 Å². The highest BCUT2D eigenvalue weighted by molar-refractivity contribution is 6.03. The van der Waals surface area contributed by atoms with Crippen LogP contribution in [0.15, 0.2) is 84.6 Å². The monoisotopic (exact) mass is 616 g/mol. The van der Waals surface area contributed by atoms with Crippen molar-refractivity contribution < 1.29 is 23.8 Å². The van der Waals surface area contributed by atoms with E-state index in [-0.39, 0.29) is 42.5 Å². The Hall–Kier alpha value is -3.97. The van der Waals surface area contributed by atoms with E-state index in [4.69, 9.17) is 4.84 Å². The Labute approximate surface area is 266 Å². The van der Waals surface area contributed by atoms with Crippen LogP contribution < -0.4 is 4.90 Å². The lowest BCUT2D eigenvalue weighted by atomic mass is 9.81. The first-order valence-corrected chi connectivity index (χ1v) is 15.2. The van der Waals surface area contributed by atoms with Crippen molar-refractivity contribution in [2.75, 3.05) is 18.5 Å². The maximum Gasteiger partial charge on any atom is 0.333 e. The number of carbonyl (C=O) groups excluding carboxylic acids is 3. The summed E-state index contributed by atoms with van der Waals surface area (Å²) in [5, 5.41) is 0.621. The number of amides is 2. The number of unbranched alkanes of at least 4 members (excludes halogenated alkanes) is 2. The minimum absolute atomic E-state index is 0. The number of nitrogens with zero attached hydrogens (tertiary/aromatic N) is 3. The third-order valence-electron chi connectivity index (χ3n) is 8.93. The summed E-state index contributed by atoms with van der Waals surface area (Å²) in [6.07, 6.45) is 13.5. The Morgan fingerprint density at radius 2 is 1.52 bits per heavy atom. The zero-order valence-electron chi connectivity index (χ0n) is 26.3. The van der Waals surface area contributed by atoms with Crippen LogP contribution in [-0.2, 0) is 30.1 Å². The lowest BCUT2D eigenvalue weighted by Crippen LogP contribution is -2.32. The Bertz CT molecular complexity index is 1550. The highest BCUT2D eigenvalue weighted by atomic mass is 35.5. The molecule has 2 amide bonds. The zero-order chi connectivity index (χ0) is 30.8. The fourth-order valence-electron chi connectivity index (χ4n) is 6.56. The molecule has 1 fully saturated rings. The predicted molar refractivity (Wildman–Crippen MR) is 176 cm³/mol. The second kappa shape index (κ2) is 13.3. The number of anilines is 1. The average Bonchev–Trinajstić information content (AvgIpc) is 3.48. The van der Waals surface area contributed by atoms with Crippen LogP contribution in [0.4, 0.5) is 11.4 Å². The molecule has 232 valence electrons. The van der Waals surface area contributed by atoms with Gasteiger partial charge >= 0.3 is 5.97 Å². The summed E-state index contributed by atoms with van der Waals surface area (Å²) in [6, 6.07) is 17.1. The number of hydrogen-bond donors (Lipinski definition) is 0. The number of fused-ring (bicyclic) bond motifs is 2. The minimum Gasteiger partial charge on any atom is -0.344 e. The normalized spacial score (nSPS) is 19.3. The van der Waals surface area contributed by atoms with Crippen LogP contribution in [-0.4, -0.2) is 46.7 Å². The molecule has 3 aliphatic rings. The summed E-state index contributed by atoms with van der Waals surface area (Å²) < 4.78 is 2.28. The van der Waals surface area contributed by atoms with Gasteiger partial charge in [-0.25, -0.2) is 4.79 Å². The van der Waals surface area contributed by atoms with Gasteiger partial charge in [0.1, 0.15) is 7.05 Å². The maximum absolute atomic E-state index is 12.2. The number of rotatable bonds is 10. The Morgan fingerprint density at radius 3 is 2.23 bits per heavy atom. The van der Waals surface area contributed by atoms with Gasteiger partial charge in [-0.2, -0.15) is 4.58 Å². The van der Waals surface area contributed by atoms with Crippen molar-refractivity contribution in [1.29, 1.82) is 0 Å². The molecule has 2 aromatic carbocycles. The van der Waals surface area contributed by atoms with E-state index in [1.54, 1.807) is 0 Å². The number of halogens is 1. The summed E-state index contributed by atoms with van der Waals surface area (Å²) in [4.78, 5) is 42.9. The summed E-state index contributed by atoms with van der Waals surface area (Å²) in [6.45, 7) is 9.90. The van der Waals surface area contributed by atoms with E-state index in [1.165, 1.54) is 33.9 Å². The van der Waals surface area contributed by atoms with Crippen LogP contribution in [0.2, 0.25) is 0 Å². The highest BCUT2D eigenvalue weighted by Crippen LogP contribution is 2.47. The van der Waals surface area contributed by atoms with Crippen molar-refractivity contribution in [3.05, 3.63) is 95.7 Å². The van der Waals surface area contributed by atoms with Gasteiger partial charge in [0.2, 0.25) is 5.69 Å². The molecule has 5 rings (SSSR count). The third-order valence-corrected chi connectivity index (χ3v) is 8.93. The van der Waals surface area contributed by atoms with Crippen LogP contribution in [0, 0.1) is 0 Å². The number of para-hydroxylation sites is 2. The summed E-state index contributed by atoms with van der Waals surface area (Å²) in [5.41, 5.74) is 7.43. The molecule has 0 atom stereocenters. The quantitative estimate of drug-likeness (QED) is 0.124. The Kier molecular flexibility index (Phi) is 9.99. The number of hydroxylamine groups is 2. The first-order chi connectivity index (χ1) is 20.5. The number of allylic oxidation sites excluding steroid dienone is 6. The van der Waals surface area contributed by atoms with Crippen LogP contribution in [0.25, 0.3) is 0 Å². The molecule has 8 heteroatoms. The molecule has 7 nitrogen and oxygen atoms in total. The summed E-state index contributed by atoms with van der Waals surface area (Å²) in [5.74, 6) is -1.43. The zero-order valence-corrected chi connectivity index (χ0v) is 27.2. The minimum atomic E-state index is -0.538. The molecule has 44 heavy (non-hydrogen) atoms. The molecule has 1 saturated heterocycles. The summed E-state index contributed by atoms with van der Waals surface area (Å²) >= 11 is 0. The molecule has 0 saturated carbocycles. The van der Waals surface area contributed by atoms with Gasteiger partial charge < -0.3 is 9.74 Å². The molecule has 0 aliphatic carbocycles. The lowest BCUT2D eigenvalue weighted by molar-refractivity contribution is -0.401. The molecule has 0 bridgehead atoms. The molecule has 0 N–H and O–H groups in total. The molecule has 0 spiro atoms. The van der Waals surface area contributed by atoms with E-state index in [2.05, 4.69) is 123 Å². The number of imide groups is 1. The van der Waals surface area contributed by atoms with Gasteiger partial charge in [-0.3, -0.25) is 9.59 Å². The smallest absolute Gasteiger partial charge is 0.333 e. The fraction of sp³-hybridized carbons (Fsp3) is 0.389. The third kappa shape index (κ3) is 6.29. The van der Waals surface area contributed by atoms with E-state index >= 15 is 0 Å². The lowest BCUT2D eigenvalue weighted by Gasteiger charge is -2.27. The van der Waals surface area contributed by atoms with Gasteiger partial charge in [0.05, 0.1) is 5.41 Å². The predicted octanol–water partition coefficient (Wildman–Crippen LogP) is 7.08. The van der Waals surface area contributed by atoms with Crippen molar-refractivity contribution in [1.82, 2.24) is 5.06 Å².